The van der Waals surface area contributed by atoms with Crippen LogP contribution in [0.25, 0.3) is 0 Å². The Kier molecular flexibility index (Phi) is 33.1. The fourth-order valence-corrected chi connectivity index (χ4v) is 5.67. The van der Waals surface area contributed by atoms with E-state index >= 15 is 0 Å². The molecule has 0 heterocycles. The zero-order valence-corrected chi connectivity index (χ0v) is 27.1. The van der Waals surface area contributed by atoms with Crippen LogP contribution in [0.15, 0.2) is 0 Å². The quantitative estimate of drug-likeness (QED) is 0.0797. The van der Waals surface area contributed by atoms with Gasteiger partial charge in [-0.25, -0.2) is 0 Å². The third-order valence-corrected chi connectivity index (χ3v) is 8.43. The van der Waals surface area contributed by atoms with Crippen molar-refractivity contribution in [3.63, 3.8) is 0 Å². The Balaban J connectivity index is 3.20. The molecule has 0 unspecified atom stereocenters. The Morgan fingerprint density at radius 2 is 0.769 bits per heavy atom. The Bertz CT molecular complexity index is 467. The van der Waals surface area contributed by atoms with Crippen molar-refractivity contribution in [2.24, 2.45) is 0 Å². The van der Waals surface area contributed by atoms with Crippen LogP contribution in [0.4, 0.5) is 0 Å². The molecule has 0 rings (SSSR count). The molecule has 0 saturated carbocycles. The summed E-state index contributed by atoms with van der Waals surface area (Å²) >= 11 is 0. The van der Waals surface area contributed by atoms with E-state index in [1.807, 2.05) is 0 Å². The van der Waals surface area contributed by atoms with Crippen LogP contribution in [0.5, 0.6) is 0 Å². The van der Waals surface area contributed by atoms with E-state index in [-0.39, 0.29) is 12.0 Å². The highest BCUT2D eigenvalue weighted by atomic mass is 16.3. The largest absolute Gasteiger partial charge is 0.393 e. The van der Waals surface area contributed by atoms with Gasteiger partial charge in [-0.1, -0.05) is 181 Å². The van der Waals surface area contributed by atoms with Gasteiger partial charge in [0.05, 0.1) is 6.10 Å². The molecular weight excluding hydrogens is 478 g/mol. The molecule has 0 bridgehead atoms. The van der Waals surface area contributed by atoms with Crippen molar-refractivity contribution in [2.45, 2.75) is 219 Å². The third kappa shape index (κ3) is 33.5. The van der Waals surface area contributed by atoms with Crippen molar-refractivity contribution in [3.05, 3.63) is 0 Å². The molecule has 1 amide bonds. The molecule has 39 heavy (non-hydrogen) atoms. The molecule has 3 heteroatoms. The van der Waals surface area contributed by atoms with Crippen LogP contribution in [-0.4, -0.2) is 23.7 Å². The van der Waals surface area contributed by atoms with E-state index in [0.29, 0.717) is 6.42 Å². The summed E-state index contributed by atoms with van der Waals surface area (Å²) in [6.07, 6.45) is 39.7. The van der Waals surface area contributed by atoms with Gasteiger partial charge in [0.25, 0.3) is 0 Å². The molecule has 0 aromatic rings. The molecule has 0 aromatic carbocycles. The maximum Gasteiger partial charge on any atom is 0.219 e. The molecule has 3 nitrogen and oxygen atoms in total. The second-order valence-electron chi connectivity index (χ2n) is 12.5. The van der Waals surface area contributed by atoms with Gasteiger partial charge in [0.15, 0.2) is 0 Å². The fraction of sp³-hybridized carbons (Fsp3) is 0.972. The first-order valence-corrected chi connectivity index (χ1v) is 18.2. The molecule has 0 radical (unpaired) electrons. The van der Waals surface area contributed by atoms with E-state index < -0.39 is 0 Å². The molecule has 0 spiro atoms. The minimum absolute atomic E-state index is 0.0722. The van der Waals surface area contributed by atoms with Gasteiger partial charge in [0, 0.05) is 13.0 Å². The van der Waals surface area contributed by atoms with Crippen LogP contribution < -0.4 is 5.32 Å². The van der Waals surface area contributed by atoms with Crippen molar-refractivity contribution in [1.82, 2.24) is 5.32 Å². The summed E-state index contributed by atoms with van der Waals surface area (Å²) in [5.74, 6) is 0.254. The van der Waals surface area contributed by atoms with Crippen LogP contribution in [-0.2, 0) is 4.79 Å². The number of rotatable bonds is 33. The number of nitrogens with one attached hydrogen (secondary N) is 1. The monoisotopic (exact) mass is 552 g/mol. The van der Waals surface area contributed by atoms with Crippen LogP contribution in [0.2, 0.25) is 0 Å². The number of unbranched alkanes of at least 4 members (excludes halogenated alkanes) is 25. The van der Waals surface area contributed by atoms with E-state index in [1.165, 1.54) is 167 Å². The van der Waals surface area contributed by atoms with Gasteiger partial charge in [0.1, 0.15) is 0 Å². The van der Waals surface area contributed by atoms with Crippen LogP contribution in [0, 0.1) is 0 Å². The summed E-state index contributed by atoms with van der Waals surface area (Å²) in [6, 6.07) is 0. The Morgan fingerprint density at radius 1 is 0.462 bits per heavy atom. The van der Waals surface area contributed by atoms with Crippen LogP contribution in [0.1, 0.15) is 213 Å². The van der Waals surface area contributed by atoms with Gasteiger partial charge in [-0.3, -0.25) is 4.79 Å². The summed E-state index contributed by atoms with van der Waals surface area (Å²) in [7, 11) is 0. The van der Waals surface area contributed by atoms with E-state index in [4.69, 9.17) is 0 Å². The normalized spacial score (nSPS) is 12.2. The number of hydrogen-bond donors (Lipinski definition) is 2. The molecule has 0 fully saturated rings. The van der Waals surface area contributed by atoms with Gasteiger partial charge in [-0.15, -0.1) is 0 Å². The predicted molar refractivity (Wildman–Crippen MR) is 173 cm³/mol. The molecular formula is C36H73NO2. The van der Waals surface area contributed by atoms with Gasteiger partial charge in [-0.2, -0.15) is 0 Å². The Hall–Kier alpha value is -0.570. The van der Waals surface area contributed by atoms with Crippen molar-refractivity contribution in [1.29, 1.82) is 0 Å². The van der Waals surface area contributed by atoms with Crippen molar-refractivity contribution >= 4 is 5.91 Å². The van der Waals surface area contributed by atoms with Crippen LogP contribution in [0.3, 0.4) is 0 Å². The number of carbonyl (C=O) groups is 1. The first-order valence-electron chi connectivity index (χ1n) is 18.2. The highest BCUT2D eigenvalue weighted by Crippen LogP contribution is 2.15. The van der Waals surface area contributed by atoms with Gasteiger partial charge >= 0.3 is 0 Å². The standard InChI is InChI=1S/C36H73NO2/c1-3-5-7-9-10-11-12-13-14-15-16-17-20-23-26-30-34-37-36(39)33-29-25-22-19-18-21-24-28-32-35(38)31-27-8-6-4-2/h35,38H,3-34H2,1-2H3,(H,37,39)/t35-/m1/s1. The first kappa shape index (κ1) is 38.4. The average Bonchev–Trinajstić information content (AvgIpc) is 2.93. The molecule has 234 valence electrons. The highest BCUT2D eigenvalue weighted by molar-refractivity contribution is 5.75. The number of amides is 1. The number of aliphatic hydroxyl groups excluding tert-OH is 1. The molecule has 2 N–H and O–H groups in total. The first-order chi connectivity index (χ1) is 19.2. The zero-order valence-electron chi connectivity index (χ0n) is 27.1. The summed E-state index contributed by atoms with van der Waals surface area (Å²) in [6.45, 7) is 5.39. The molecule has 0 aliphatic rings. The fourth-order valence-electron chi connectivity index (χ4n) is 5.67. The predicted octanol–water partition coefficient (Wildman–Crippen LogP) is 11.6. The molecule has 0 aliphatic carbocycles. The van der Waals surface area contributed by atoms with Crippen molar-refractivity contribution in [3.8, 4) is 0 Å². The third-order valence-electron chi connectivity index (χ3n) is 8.43. The molecule has 0 saturated heterocycles. The SMILES string of the molecule is CCCCCCCCCCCCCCCCCCNC(=O)CCCCCCCCCC[C@H](O)CCCCCC. The van der Waals surface area contributed by atoms with Gasteiger partial charge in [-0.05, 0) is 25.7 Å². The zero-order chi connectivity index (χ0) is 28.5. The maximum absolute atomic E-state index is 12.0. The summed E-state index contributed by atoms with van der Waals surface area (Å²) in [5, 5.41) is 13.2. The number of aliphatic hydroxyl groups is 1. The minimum Gasteiger partial charge on any atom is -0.393 e. The summed E-state index contributed by atoms with van der Waals surface area (Å²) in [4.78, 5) is 12.0. The maximum atomic E-state index is 12.0. The molecule has 0 aliphatic heterocycles. The lowest BCUT2D eigenvalue weighted by Gasteiger charge is -2.10. The highest BCUT2D eigenvalue weighted by Gasteiger charge is 2.04. The lowest BCUT2D eigenvalue weighted by Crippen LogP contribution is -2.23. The van der Waals surface area contributed by atoms with Gasteiger partial charge < -0.3 is 10.4 Å². The second-order valence-corrected chi connectivity index (χ2v) is 12.5. The average molecular weight is 552 g/mol. The van der Waals surface area contributed by atoms with E-state index in [0.717, 1.165) is 32.2 Å². The summed E-state index contributed by atoms with van der Waals surface area (Å²) in [5.41, 5.74) is 0. The van der Waals surface area contributed by atoms with Crippen molar-refractivity contribution < 1.29 is 9.90 Å². The minimum atomic E-state index is -0.0722. The number of hydrogen-bond acceptors (Lipinski definition) is 2. The van der Waals surface area contributed by atoms with E-state index in [1.54, 1.807) is 0 Å². The lowest BCUT2D eigenvalue weighted by molar-refractivity contribution is -0.121. The second kappa shape index (κ2) is 33.6. The Labute approximate surface area is 246 Å². The lowest BCUT2D eigenvalue weighted by atomic mass is 10.0. The molecule has 0 aromatic heterocycles. The van der Waals surface area contributed by atoms with Crippen molar-refractivity contribution in [2.75, 3.05) is 6.54 Å². The Morgan fingerprint density at radius 3 is 1.18 bits per heavy atom. The van der Waals surface area contributed by atoms with Gasteiger partial charge in [0.2, 0.25) is 5.91 Å². The number of carbonyl (C=O) groups excluding carboxylic acids is 1. The topological polar surface area (TPSA) is 49.3 Å². The van der Waals surface area contributed by atoms with E-state index in [2.05, 4.69) is 19.2 Å². The molecule has 1 atom stereocenters. The van der Waals surface area contributed by atoms with Crippen LogP contribution >= 0.6 is 0 Å². The smallest absolute Gasteiger partial charge is 0.219 e. The summed E-state index contributed by atoms with van der Waals surface area (Å²) < 4.78 is 0. The van der Waals surface area contributed by atoms with E-state index in [9.17, 15) is 9.90 Å².